The molecule has 0 bridgehead atoms. The Labute approximate surface area is 112 Å². The van der Waals surface area contributed by atoms with E-state index in [9.17, 15) is 4.79 Å². The Kier molecular flexibility index (Phi) is 6.03. The maximum atomic E-state index is 11.4. The van der Waals surface area contributed by atoms with Gasteiger partial charge in [-0.2, -0.15) is 5.26 Å². The van der Waals surface area contributed by atoms with Crippen molar-refractivity contribution in [2.75, 3.05) is 20.8 Å². The Balaban J connectivity index is 2.49. The first-order valence-corrected chi connectivity index (χ1v) is 5.80. The van der Waals surface area contributed by atoms with Crippen LogP contribution in [0, 0.1) is 11.3 Å². The number of benzene rings is 1. The molecule has 0 aromatic heterocycles. The third-order valence-electron chi connectivity index (χ3n) is 2.42. The Morgan fingerprint density at radius 1 is 1.26 bits per heavy atom. The summed E-state index contributed by atoms with van der Waals surface area (Å²) >= 11 is 0. The van der Waals surface area contributed by atoms with Gasteiger partial charge in [-0.05, 0) is 17.7 Å². The summed E-state index contributed by atoms with van der Waals surface area (Å²) in [4.78, 5) is 11.4. The normalized spacial score (nSPS) is 9.32. The second-order valence-corrected chi connectivity index (χ2v) is 3.71. The monoisotopic (exact) mass is 263 g/mol. The smallest absolute Gasteiger partial charge is 0.315 e. The molecule has 0 saturated heterocycles. The molecule has 0 radical (unpaired) electrons. The van der Waals surface area contributed by atoms with E-state index in [1.807, 2.05) is 12.1 Å². The molecule has 0 aliphatic rings. The SMILES string of the molecule is COc1ccc(CNC(=O)NCCC#N)cc1OC. The highest BCUT2D eigenvalue weighted by Gasteiger charge is 2.05. The minimum atomic E-state index is -0.301. The molecule has 1 rings (SSSR count). The van der Waals surface area contributed by atoms with Crippen molar-refractivity contribution in [3.05, 3.63) is 23.8 Å². The summed E-state index contributed by atoms with van der Waals surface area (Å²) < 4.78 is 10.3. The first-order chi connectivity index (χ1) is 9.21. The van der Waals surface area contributed by atoms with E-state index in [1.54, 1.807) is 26.4 Å². The maximum absolute atomic E-state index is 11.4. The molecule has 6 heteroatoms. The minimum Gasteiger partial charge on any atom is -0.493 e. The van der Waals surface area contributed by atoms with Crippen molar-refractivity contribution < 1.29 is 14.3 Å². The highest BCUT2D eigenvalue weighted by molar-refractivity contribution is 5.73. The molecule has 0 fully saturated rings. The molecule has 0 aliphatic heterocycles. The van der Waals surface area contributed by atoms with Crippen molar-refractivity contribution in [1.29, 1.82) is 5.26 Å². The minimum absolute atomic E-state index is 0.295. The summed E-state index contributed by atoms with van der Waals surface area (Å²) in [5.74, 6) is 1.26. The number of hydrogen-bond acceptors (Lipinski definition) is 4. The van der Waals surface area contributed by atoms with E-state index < -0.39 is 0 Å². The number of ether oxygens (including phenoxy) is 2. The van der Waals surface area contributed by atoms with Crippen LogP contribution in [0.4, 0.5) is 4.79 Å². The molecule has 0 saturated carbocycles. The molecule has 19 heavy (non-hydrogen) atoms. The van der Waals surface area contributed by atoms with E-state index in [-0.39, 0.29) is 6.03 Å². The Hall–Kier alpha value is -2.42. The summed E-state index contributed by atoms with van der Waals surface area (Å²) in [6, 6.07) is 7.08. The zero-order chi connectivity index (χ0) is 14.1. The largest absolute Gasteiger partial charge is 0.493 e. The lowest BCUT2D eigenvalue weighted by Crippen LogP contribution is -2.35. The van der Waals surface area contributed by atoms with Gasteiger partial charge in [0.15, 0.2) is 11.5 Å². The van der Waals surface area contributed by atoms with Crippen LogP contribution < -0.4 is 20.1 Å². The van der Waals surface area contributed by atoms with Gasteiger partial charge in [-0.15, -0.1) is 0 Å². The average molecular weight is 263 g/mol. The molecule has 2 amide bonds. The van der Waals surface area contributed by atoms with E-state index in [1.165, 1.54) is 0 Å². The van der Waals surface area contributed by atoms with Gasteiger partial charge in [0.05, 0.1) is 26.7 Å². The fourth-order valence-corrected chi connectivity index (χ4v) is 1.47. The van der Waals surface area contributed by atoms with E-state index in [0.29, 0.717) is 31.0 Å². The van der Waals surface area contributed by atoms with Gasteiger partial charge < -0.3 is 20.1 Å². The van der Waals surface area contributed by atoms with Gasteiger partial charge in [-0.25, -0.2) is 4.79 Å². The number of carbonyl (C=O) groups excluding carboxylic acids is 1. The van der Waals surface area contributed by atoms with Gasteiger partial charge in [-0.3, -0.25) is 0 Å². The quantitative estimate of drug-likeness (QED) is 0.760. The molecule has 1 aromatic carbocycles. The van der Waals surface area contributed by atoms with E-state index in [2.05, 4.69) is 10.6 Å². The van der Waals surface area contributed by atoms with Gasteiger partial charge in [0.25, 0.3) is 0 Å². The second-order valence-electron chi connectivity index (χ2n) is 3.71. The van der Waals surface area contributed by atoms with Crippen LogP contribution in [-0.2, 0) is 6.54 Å². The van der Waals surface area contributed by atoms with Crippen molar-refractivity contribution in [3.8, 4) is 17.6 Å². The van der Waals surface area contributed by atoms with Crippen molar-refractivity contribution in [2.24, 2.45) is 0 Å². The van der Waals surface area contributed by atoms with Crippen molar-refractivity contribution in [1.82, 2.24) is 10.6 Å². The molecular weight excluding hydrogens is 246 g/mol. The lowest BCUT2D eigenvalue weighted by molar-refractivity contribution is 0.240. The summed E-state index contributed by atoms with van der Waals surface area (Å²) in [7, 11) is 3.13. The average Bonchev–Trinajstić information content (AvgIpc) is 2.45. The Morgan fingerprint density at radius 2 is 2.00 bits per heavy atom. The zero-order valence-electron chi connectivity index (χ0n) is 11.0. The number of hydrogen-bond donors (Lipinski definition) is 2. The van der Waals surface area contributed by atoms with Crippen LogP contribution in [0.15, 0.2) is 18.2 Å². The predicted molar refractivity (Wildman–Crippen MR) is 70.0 cm³/mol. The fourth-order valence-electron chi connectivity index (χ4n) is 1.47. The number of nitrogens with one attached hydrogen (secondary N) is 2. The van der Waals surface area contributed by atoms with Gasteiger partial charge >= 0.3 is 6.03 Å². The Morgan fingerprint density at radius 3 is 2.63 bits per heavy atom. The van der Waals surface area contributed by atoms with Crippen LogP contribution in [0.2, 0.25) is 0 Å². The molecule has 2 N–H and O–H groups in total. The number of amides is 2. The molecule has 0 unspecified atom stereocenters. The number of urea groups is 1. The fraction of sp³-hybridized carbons (Fsp3) is 0.385. The summed E-state index contributed by atoms with van der Waals surface area (Å²) in [5, 5.41) is 13.6. The molecule has 6 nitrogen and oxygen atoms in total. The van der Waals surface area contributed by atoms with Crippen LogP contribution in [0.1, 0.15) is 12.0 Å². The number of nitriles is 1. The molecule has 0 spiro atoms. The first kappa shape index (κ1) is 14.6. The number of nitrogens with zero attached hydrogens (tertiary/aromatic N) is 1. The molecule has 0 atom stereocenters. The zero-order valence-corrected chi connectivity index (χ0v) is 11.0. The van der Waals surface area contributed by atoms with Crippen molar-refractivity contribution >= 4 is 6.03 Å². The van der Waals surface area contributed by atoms with Crippen LogP contribution in [0.5, 0.6) is 11.5 Å². The third kappa shape index (κ3) is 4.76. The van der Waals surface area contributed by atoms with Gasteiger partial charge in [0, 0.05) is 13.1 Å². The molecular formula is C13H17N3O3. The highest BCUT2D eigenvalue weighted by atomic mass is 16.5. The van der Waals surface area contributed by atoms with Crippen LogP contribution in [-0.4, -0.2) is 26.8 Å². The van der Waals surface area contributed by atoms with Crippen LogP contribution in [0.3, 0.4) is 0 Å². The highest BCUT2D eigenvalue weighted by Crippen LogP contribution is 2.27. The first-order valence-electron chi connectivity index (χ1n) is 5.80. The lowest BCUT2D eigenvalue weighted by atomic mass is 10.2. The van der Waals surface area contributed by atoms with Crippen molar-refractivity contribution in [2.45, 2.75) is 13.0 Å². The second kappa shape index (κ2) is 7.82. The molecule has 0 heterocycles. The lowest BCUT2D eigenvalue weighted by Gasteiger charge is -2.10. The Bertz CT molecular complexity index is 469. The van der Waals surface area contributed by atoms with Crippen molar-refractivity contribution in [3.63, 3.8) is 0 Å². The molecule has 0 aliphatic carbocycles. The topological polar surface area (TPSA) is 83.4 Å². The molecule has 1 aromatic rings. The molecule has 102 valence electrons. The standard InChI is InChI=1S/C13H17N3O3/c1-18-11-5-4-10(8-12(11)19-2)9-16-13(17)15-7-3-6-14/h4-5,8H,3,7,9H2,1-2H3,(H2,15,16,17). The van der Waals surface area contributed by atoms with E-state index in [4.69, 9.17) is 14.7 Å². The van der Waals surface area contributed by atoms with E-state index >= 15 is 0 Å². The summed E-state index contributed by atoms with van der Waals surface area (Å²) in [6.07, 6.45) is 0.295. The summed E-state index contributed by atoms with van der Waals surface area (Å²) in [6.45, 7) is 0.715. The number of rotatable bonds is 6. The number of carbonyl (C=O) groups is 1. The predicted octanol–water partition coefficient (Wildman–Crippen LogP) is 1.42. The van der Waals surface area contributed by atoms with Gasteiger partial charge in [-0.1, -0.05) is 6.07 Å². The van der Waals surface area contributed by atoms with Crippen LogP contribution in [0.25, 0.3) is 0 Å². The maximum Gasteiger partial charge on any atom is 0.315 e. The third-order valence-corrected chi connectivity index (χ3v) is 2.42. The number of methoxy groups -OCH3 is 2. The van der Waals surface area contributed by atoms with Gasteiger partial charge in [0.2, 0.25) is 0 Å². The van der Waals surface area contributed by atoms with Crippen LogP contribution >= 0.6 is 0 Å². The summed E-state index contributed by atoms with van der Waals surface area (Å²) in [5.41, 5.74) is 0.896. The van der Waals surface area contributed by atoms with Gasteiger partial charge in [0.1, 0.15) is 0 Å². The van der Waals surface area contributed by atoms with E-state index in [0.717, 1.165) is 5.56 Å².